The van der Waals surface area contributed by atoms with Crippen LogP contribution in [0.25, 0.3) is 0 Å². The Balaban J connectivity index is 1.65. The normalized spacial score (nSPS) is 19.0. The quantitative estimate of drug-likeness (QED) is 0.849. The van der Waals surface area contributed by atoms with Gasteiger partial charge in [-0.2, -0.15) is 0 Å². The minimum atomic E-state index is 0.628. The zero-order valence-corrected chi connectivity index (χ0v) is 10.9. The van der Waals surface area contributed by atoms with E-state index < -0.39 is 0 Å². The van der Waals surface area contributed by atoms with E-state index in [-0.39, 0.29) is 0 Å². The average molecular weight is 237 g/mol. The first kappa shape index (κ1) is 12.6. The second-order valence-corrected chi connectivity index (χ2v) is 5.33. The van der Waals surface area contributed by atoms with E-state index in [1.165, 1.54) is 32.5 Å². The Bertz CT molecular complexity index is 302. The van der Waals surface area contributed by atoms with Crippen LogP contribution in [-0.2, 0) is 6.54 Å². The molecule has 1 aromatic heterocycles. The Morgan fingerprint density at radius 2 is 2.24 bits per heavy atom. The summed E-state index contributed by atoms with van der Waals surface area (Å²) >= 11 is 0. The number of likely N-dealkylation sites (tertiary alicyclic amines) is 1. The molecule has 2 rings (SSSR count). The molecule has 1 saturated heterocycles. The van der Waals surface area contributed by atoms with E-state index >= 15 is 0 Å². The van der Waals surface area contributed by atoms with E-state index in [9.17, 15) is 0 Å². The second-order valence-electron chi connectivity index (χ2n) is 5.33. The highest BCUT2D eigenvalue weighted by Crippen LogP contribution is 2.12. The van der Waals surface area contributed by atoms with Crippen molar-refractivity contribution in [1.29, 1.82) is 0 Å². The van der Waals surface area contributed by atoms with Gasteiger partial charge in [0.2, 0.25) is 0 Å². The molecule has 4 nitrogen and oxygen atoms in total. The summed E-state index contributed by atoms with van der Waals surface area (Å²) < 4.78 is 5.08. The maximum absolute atomic E-state index is 5.08. The van der Waals surface area contributed by atoms with Gasteiger partial charge in [0.25, 0.3) is 0 Å². The van der Waals surface area contributed by atoms with Crippen LogP contribution in [0.4, 0.5) is 0 Å². The Labute approximate surface area is 103 Å². The molecule has 2 heterocycles. The monoisotopic (exact) mass is 237 g/mol. The summed E-state index contributed by atoms with van der Waals surface area (Å²) in [5.41, 5.74) is 0. The van der Waals surface area contributed by atoms with Crippen LogP contribution in [-0.4, -0.2) is 35.7 Å². The topological polar surface area (TPSA) is 41.3 Å². The van der Waals surface area contributed by atoms with Gasteiger partial charge in [0.15, 0.2) is 0 Å². The van der Waals surface area contributed by atoms with Gasteiger partial charge < -0.3 is 14.7 Å². The summed E-state index contributed by atoms with van der Waals surface area (Å²) in [7, 11) is 0. The van der Waals surface area contributed by atoms with Crippen LogP contribution in [0.1, 0.15) is 32.4 Å². The van der Waals surface area contributed by atoms with E-state index in [0.717, 1.165) is 18.2 Å². The number of rotatable bonds is 5. The molecule has 1 fully saturated rings. The fourth-order valence-corrected chi connectivity index (χ4v) is 2.41. The van der Waals surface area contributed by atoms with Gasteiger partial charge >= 0.3 is 0 Å². The highest BCUT2D eigenvalue weighted by molar-refractivity contribution is 4.93. The van der Waals surface area contributed by atoms with Gasteiger partial charge in [-0.25, -0.2) is 0 Å². The fraction of sp³-hybridized carbons (Fsp3) is 0.769. The molecule has 0 aromatic carbocycles. The molecule has 0 bridgehead atoms. The SMILES string of the molecule is CC(C)CN1CCC(NCc2ccno2)CC1. The minimum Gasteiger partial charge on any atom is -0.360 e. The van der Waals surface area contributed by atoms with Crippen LogP contribution in [0.15, 0.2) is 16.8 Å². The molecule has 0 saturated carbocycles. The number of nitrogens with zero attached hydrogens (tertiary/aromatic N) is 2. The molecule has 0 radical (unpaired) electrons. The van der Waals surface area contributed by atoms with Crippen molar-refractivity contribution in [3.8, 4) is 0 Å². The third kappa shape index (κ3) is 4.13. The Kier molecular flexibility index (Phi) is 4.57. The standard InChI is InChI=1S/C13H23N3O/c1-11(2)10-16-7-4-12(5-8-16)14-9-13-3-6-15-17-13/h3,6,11-12,14H,4-5,7-10H2,1-2H3. The zero-order valence-electron chi connectivity index (χ0n) is 10.9. The Morgan fingerprint density at radius 3 is 2.82 bits per heavy atom. The summed E-state index contributed by atoms with van der Waals surface area (Å²) in [6.45, 7) is 9.03. The van der Waals surface area contributed by atoms with Crippen LogP contribution < -0.4 is 5.32 Å². The van der Waals surface area contributed by atoms with Gasteiger partial charge in [0.1, 0.15) is 5.76 Å². The van der Waals surface area contributed by atoms with Crippen molar-refractivity contribution in [1.82, 2.24) is 15.4 Å². The lowest BCUT2D eigenvalue weighted by molar-refractivity contribution is 0.178. The third-order valence-corrected chi connectivity index (χ3v) is 3.27. The summed E-state index contributed by atoms with van der Waals surface area (Å²) in [5.74, 6) is 1.70. The van der Waals surface area contributed by atoms with Crippen LogP contribution in [0.2, 0.25) is 0 Å². The minimum absolute atomic E-state index is 0.628. The molecular formula is C13H23N3O. The van der Waals surface area contributed by atoms with E-state index in [4.69, 9.17) is 4.52 Å². The Hall–Kier alpha value is -0.870. The van der Waals surface area contributed by atoms with Gasteiger partial charge in [-0.3, -0.25) is 0 Å². The number of nitrogens with one attached hydrogen (secondary N) is 1. The zero-order chi connectivity index (χ0) is 12.1. The van der Waals surface area contributed by atoms with Gasteiger partial charge in [-0.15, -0.1) is 0 Å². The van der Waals surface area contributed by atoms with Crippen LogP contribution in [0.5, 0.6) is 0 Å². The summed E-state index contributed by atoms with van der Waals surface area (Å²) in [6.07, 6.45) is 4.17. The lowest BCUT2D eigenvalue weighted by atomic mass is 10.0. The van der Waals surface area contributed by atoms with Crippen molar-refractivity contribution in [2.75, 3.05) is 19.6 Å². The van der Waals surface area contributed by atoms with Gasteiger partial charge in [0, 0.05) is 18.7 Å². The molecule has 1 N–H and O–H groups in total. The van der Waals surface area contributed by atoms with Crippen molar-refractivity contribution in [2.45, 2.75) is 39.3 Å². The van der Waals surface area contributed by atoms with Crippen molar-refractivity contribution in [3.05, 3.63) is 18.0 Å². The number of hydrogen-bond donors (Lipinski definition) is 1. The van der Waals surface area contributed by atoms with Crippen molar-refractivity contribution >= 4 is 0 Å². The number of hydrogen-bond acceptors (Lipinski definition) is 4. The van der Waals surface area contributed by atoms with Gasteiger partial charge in [-0.05, 0) is 31.8 Å². The molecule has 0 unspecified atom stereocenters. The van der Waals surface area contributed by atoms with Crippen molar-refractivity contribution < 1.29 is 4.52 Å². The molecule has 0 atom stereocenters. The van der Waals surface area contributed by atoms with E-state index in [1.807, 2.05) is 6.07 Å². The molecule has 1 aromatic rings. The molecule has 17 heavy (non-hydrogen) atoms. The average Bonchev–Trinajstić information content (AvgIpc) is 2.80. The van der Waals surface area contributed by atoms with Crippen molar-refractivity contribution in [2.24, 2.45) is 5.92 Å². The second kappa shape index (κ2) is 6.17. The van der Waals surface area contributed by atoms with Crippen LogP contribution in [0, 0.1) is 5.92 Å². The van der Waals surface area contributed by atoms with Crippen LogP contribution in [0.3, 0.4) is 0 Å². The molecular weight excluding hydrogens is 214 g/mol. The molecule has 0 spiro atoms. The van der Waals surface area contributed by atoms with Gasteiger partial charge in [0.05, 0.1) is 12.7 Å². The predicted molar refractivity (Wildman–Crippen MR) is 67.6 cm³/mol. The molecule has 0 aliphatic carbocycles. The largest absolute Gasteiger partial charge is 0.360 e. The smallest absolute Gasteiger partial charge is 0.150 e. The molecule has 96 valence electrons. The van der Waals surface area contributed by atoms with E-state index in [0.29, 0.717) is 6.04 Å². The van der Waals surface area contributed by atoms with Gasteiger partial charge in [-0.1, -0.05) is 19.0 Å². The lowest BCUT2D eigenvalue weighted by Crippen LogP contribution is -2.43. The summed E-state index contributed by atoms with van der Waals surface area (Å²) in [6, 6.07) is 2.55. The first-order chi connectivity index (χ1) is 8.24. The number of piperidine rings is 1. The summed E-state index contributed by atoms with van der Waals surface area (Å²) in [5, 5.41) is 7.24. The molecule has 1 aliphatic rings. The van der Waals surface area contributed by atoms with Crippen molar-refractivity contribution in [3.63, 3.8) is 0 Å². The number of aromatic nitrogens is 1. The lowest BCUT2D eigenvalue weighted by Gasteiger charge is -2.33. The predicted octanol–water partition coefficient (Wildman–Crippen LogP) is 1.88. The van der Waals surface area contributed by atoms with E-state index in [2.05, 4.69) is 29.2 Å². The highest BCUT2D eigenvalue weighted by atomic mass is 16.5. The molecule has 0 amide bonds. The third-order valence-electron chi connectivity index (χ3n) is 3.27. The maximum atomic E-state index is 5.08. The first-order valence-electron chi connectivity index (χ1n) is 6.59. The molecule has 4 heteroatoms. The first-order valence-corrected chi connectivity index (χ1v) is 6.59. The van der Waals surface area contributed by atoms with E-state index in [1.54, 1.807) is 6.20 Å². The highest BCUT2D eigenvalue weighted by Gasteiger charge is 2.19. The van der Waals surface area contributed by atoms with Crippen LogP contribution >= 0.6 is 0 Å². The summed E-state index contributed by atoms with van der Waals surface area (Å²) in [4.78, 5) is 2.57. The Morgan fingerprint density at radius 1 is 1.47 bits per heavy atom. The fourth-order valence-electron chi connectivity index (χ4n) is 2.41. The molecule has 1 aliphatic heterocycles. The maximum Gasteiger partial charge on any atom is 0.150 e.